The van der Waals surface area contributed by atoms with E-state index in [-0.39, 0.29) is 29.8 Å². The number of hydrogen-bond donors (Lipinski definition) is 5. The Bertz CT molecular complexity index is 446. The van der Waals surface area contributed by atoms with E-state index in [0.29, 0.717) is 5.56 Å². The van der Waals surface area contributed by atoms with Crippen LogP contribution < -0.4 is 5.73 Å². The van der Waals surface area contributed by atoms with Gasteiger partial charge in [-0.3, -0.25) is 0 Å². The lowest BCUT2D eigenvalue weighted by atomic mass is 9.95. The molecular weight excluding hydrogens is 238 g/mol. The molecule has 1 aromatic rings. The van der Waals surface area contributed by atoms with Gasteiger partial charge in [-0.25, -0.2) is 4.79 Å². The fourth-order valence-corrected chi connectivity index (χ4v) is 1.74. The van der Waals surface area contributed by atoms with E-state index in [4.69, 9.17) is 15.9 Å². The van der Waals surface area contributed by atoms with Gasteiger partial charge in [0, 0.05) is 12.2 Å². The van der Waals surface area contributed by atoms with Gasteiger partial charge in [0.1, 0.15) is 6.10 Å². The van der Waals surface area contributed by atoms with Crippen molar-refractivity contribution in [1.29, 1.82) is 0 Å². The molecule has 0 heterocycles. The summed E-state index contributed by atoms with van der Waals surface area (Å²) in [7, 11) is 0. The Morgan fingerprint density at radius 2 is 2.00 bits per heavy atom. The van der Waals surface area contributed by atoms with E-state index in [1.807, 2.05) is 0 Å². The van der Waals surface area contributed by atoms with Crippen molar-refractivity contribution >= 4 is 11.7 Å². The van der Waals surface area contributed by atoms with Crippen molar-refractivity contribution in [1.82, 2.24) is 0 Å². The number of carbonyl (C=O) groups is 1. The van der Waals surface area contributed by atoms with Gasteiger partial charge in [-0.2, -0.15) is 0 Å². The summed E-state index contributed by atoms with van der Waals surface area (Å²) in [5.74, 6) is -1.19. The first-order valence-corrected chi connectivity index (χ1v) is 5.48. The lowest BCUT2D eigenvalue weighted by molar-refractivity contribution is 0.00453. The molecule has 0 aliphatic rings. The molecule has 0 bridgehead atoms. The molecule has 100 valence electrons. The molecule has 0 radical (unpaired) electrons. The minimum atomic E-state index is -1.32. The second-order valence-corrected chi connectivity index (χ2v) is 4.15. The van der Waals surface area contributed by atoms with Gasteiger partial charge in [-0.05, 0) is 25.0 Å². The number of nitrogens with two attached hydrogens (primary N) is 1. The van der Waals surface area contributed by atoms with Gasteiger partial charge in [0.25, 0.3) is 0 Å². The molecule has 0 fully saturated rings. The molecule has 0 aliphatic carbocycles. The molecule has 0 aliphatic heterocycles. The second-order valence-electron chi connectivity index (χ2n) is 4.15. The highest BCUT2D eigenvalue weighted by Gasteiger charge is 2.23. The number of aryl methyl sites for hydroxylation is 1. The topological polar surface area (TPSA) is 124 Å². The number of aromatic carboxylic acids is 1. The van der Waals surface area contributed by atoms with Crippen molar-refractivity contribution in [2.45, 2.75) is 25.6 Å². The Morgan fingerprint density at radius 1 is 1.39 bits per heavy atom. The molecule has 6 heteroatoms. The summed E-state index contributed by atoms with van der Waals surface area (Å²) in [5.41, 5.74) is 6.27. The SMILES string of the molecule is Cc1cc(C(=O)O)c(N)c(C(O)C(O)CCO)c1. The average Bonchev–Trinajstić information content (AvgIpc) is 2.30. The number of aliphatic hydroxyl groups excluding tert-OH is 3. The number of anilines is 1. The van der Waals surface area contributed by atoms with Crippen molar-refractivity contribution in [3.05, 3.63) is 28.8 Å². The molecule has 0 amide bonds. The standard InChI is InChI=1S/C12H17NO5/c1-6-4-7(11(16)9(15)2-3-14)10(13)8(5-6)12(17)18/h4-5,9,11,14-16H,2-3,13H2,1H3,(H,17,18). The summed E-state index contributed by atoms with van der Waals surface area (Å²) >= 11 is 0. The van der Waals surface area contributed by atoms with Gasteiger partial charge >= 0.3 is 5.97 Å². The zero-order valence-corrected chi connectivity index (χ0v) is 10.00. The van der Waals surface area contributed by atoms with E-state index >= 15 is 0 Å². The van der Waals surface area contributed by atoms with Crippen LogP contribution in [0.5, 0.6) is 0 Å². The predicted octanol–water partition coefficient (Wildman–Crippen LogP) is 0.0521. The largest absolute Gasteiger partial charge is 0.478 e. The Hall–Kier alpha value is -1.63. The van der Waals surface area contributed by atoms with Crippen LogP contribution in [0.25, 0.3) is 0 Å². The molecule has 2 atom stereocenters. The van der Waals surface area contributed by atoms with Crippen LogP contribution in [0.15, 0.2) is 12.1 Å². The predicted molar refractivity (Wildman–Crippen MR) is 65.2 cm³/mol. The third-order valence-corrected chi connectivity index (χ3v) is 2.69. The fourth-order valence-electron chi connectivity index (χ4n) is 1.74. The quantitative estimate of drug-likeness (QED) is 0.474. The monoisotopic (exact) mass is 255 g/mol. The van der Waals surface area contributed by atoms with Crippen molar-refractivity contribution in [3.8, 4) is 0 Å². The summed E-state index contributed by atoms with van der Waals surface area (Å²) in [6.07, 6.45) is -2.53. The molecular formula is C12H17NO5. The van der Waals surface area contributed by atoms with E-state index in [1.54, 1.807) is 6.92 Å². The van der Waals surface area contributed by atoms with Crippen LogP contribution in [0, 0.1) is 6.92 Å². The maximum atomic E-state index is 11.0. The van der Waals surface area contributed by atoms with Crippen LogP contribution in [0.3, 0.4) is 0 Å². The average molecular weight is 255 g/mol. The van der Waals surface area contributed by atoms with Crippen LogP contribution in [-0.2, 0) is 0 Å². The summed E-state index contributed by atoms with van der Waals surface area (Å²) in [4.78, 5) is 11.0. The zero-order chi connectivity index (χ0) is 13.9. The first-order chi connectivity index (χ1) is 8.38. The lowest BCUT2D eigenvalue weighted by Gasteiger charge is -2.20. The lowest BCUT2D eigenvalue weighted by Crippen LogP contribution is -2.21. The van der Waals surface area contributed by atoms with Gasteiger partial charge in [0.2, 0.25) is 0 Å². The van der Waals surface area contributed by atoms with Crippen molar-refractivity contribution < 1.29 is 25.2 Å². The van der Waals surface area contributed by atoms with E-state index in [2.05, 4.69) is 0 Å². The highest BCUT2D eigenvalue weighted by Crippen LogP contribution is 2.28. The molecule has 0 saturated carbocycles. The molecule has 18 heavy (non-hydrogen) atoms. The Labute approximate surface area is 104 Å². The van der Waals surface area contributed by atoms with Gasteiger partial charge in [-0.1, -0.05) is 6.07 Å². The Balaban J connectivity index is 3.19. The molecule has 0 spiro atoms. The highest BCUT2D eigenvalue weighted by molar-refractivity contribution is 5.94. The van der Waals surface area contributed by atoms with Gasteiger partial charge < -0.3 is 26.2 Å². The first-order valence-electron chi connectivity index (χ1n) is 5.48. The highest BCUT2D eigenvalue weighted by atomic mass is 16.4. The molecule has 1 rings (SSSR count). The molecule has 6 nitrogen and oxygen atoms in total. The first kappa shape index (κ1) is 14.4. The smallest absolute Gasteiger partial charge is 0.337 e. The van der Waals surface area contributed by atoms with Crippen LogP contribution in [0.1, 0.15) is 34.0 Å². The third kappa shape index (κ3) is 2.98. The van der Waals surface area contributed by atoms with Crippen molar-refractivity contribution in [2.75, 3.05) is 12.3 Å². The second kappa shape index (κ2) is 5.81. The number of aliphatic hydroxyl groups is 3. The molecule has 0 saturated heterocycles. The van der Waals surface area contributed by atoms with Gasteiger partial charge in [-0.15, -0.1) is 0 Å². The Kier molecular flexibility index (Phi) is 4.66. The van der Waals surface area contributed by atoms with Crippen LogP contribution in [0.2, 0.25) is 0 Å². The number of hydrogen-bond acceptors (Lipinski definition) is 5. The van der Waals surface area contributed by atoms with Gasteiger partial charge in [0.15, 0.2) is 0 Å². The number of nitrogen functional groups attached to an aromatic ring is 1. The molecule has 1 aromatic carbocycles. The van der Waals surface area contributed by atoms with E-state index in [0.717, 1.165) is 0 Å². The van der Waals surface area contributed by atoms with E-state index < -0.39 is 18.2 Å². The molecule has 6 N–H and O–H groups in total. The van der Waals surface area contributed by atoms with Crippen LogP contribution in [-0.4, -0.2) is 39.1 Å². The number of carboxylic acid groups (broad SMARTS) is 1. The fraction of sp³-hybridized carbons (Fsp3) is 0.417. The Morgan fingerprint density at radius 3 is 2.50 bits per heavy atom. The molecule has 0 aromatic heterocycles. The maximum absolute atomic E-state index is 11.0. The zero-order valence-electron chi connectivity index (χ0n) is 10.00. The van der Waals surface area contributed by atoms with Crippen molar-refractivity contribution in [2.24, 2.45) is 0 Å². The number of carboxylic acids is 1. The van der Waals surface area contributed by atoms with Crippen LogP contribution in [0.4, 0.5) is 5.69 Å². The van der Waals surface area contributed by atoms with Crippen LogP contribution >= 0.6 is 0 Å². The minimum Gasteiger partial charge on any atom is -0.478 e. The number of benzene rings is 1. The third-order valence-electron chi connectivity index (χ3n) is 2.69. The normalized spacial score (nSPS) is 14.2. The summed E-state index contributed by atoms with van der Waals surface area (Å²) in [6.45, 7) is 1.39. The van der Waals surface area contributed by atoms with E-state index in [9.17, 15) is 15.0 Å². The molecule has 2 unspecified atom stereocenters. The maximum Gasteiger partial charge on any atom is 0.337 e. The minimum absolute atomic E-state index is 0.0169. The summed E-state index contributed by atoms with van der Waals surface area (Å²) < 4.78 is 0. The van der Waals surface area contributed by atoms with E-state index in [1.165, 1.54) is 12.1 Å². The van der Waals surface area contributed by atoms with Crippen molar-refractivity contribution in [3.63, 3.8) is 0 Å². The van der Waals surface area contributed by atoms with Gasteiger partial charge in [0.05, 0.1) is 17.4 Å². The summed E-state index contributed by atoms with van der Waals surface area (Å²) in [5, 5.41) is 37.2. The number of rotatable bonds is 5. The summed E-state index contributed by atoms with van der Waals surface area (Å²) in [6, 6.07) is 2.92.